The van der Waals surface area contributed by atoms with Gasteiger partial charge in [-0.05, 0) is 55.7 Å². The third-order valence-electron chi connectivity index (χ3n) is 4.98. The second-order valence-corrected chi connectivity index (χ2v) is 9.47. The number of benzene rings is 2. The number of hydrogen-bond donors (Lipinski definition) is 1. The van der Waals surface area contributed by atoms with E-state index < -0.39 is 22.0 Å². The number of para-hydroxylation sites is 2. The van der Waals surface area contributed by atoms with Gasteiger partial charge in [-0.25, -0.2) is 12.7 Å². The summed E-state index contributed by atoms with van der Waals surface area (Å²) in [6.45, 7) is 7.52. The highest BCUT2D eigenvalue weighted by atomic mass is 32.2. The Balaban J connectivity index is 1.73. The molecule has 0 aromatic heterocycles. The highest BCUT2D eigenvalue weighted by Crippen LogP contribution is 2.29. The summed E-state index contributed by atoms with van der Waals surface area (Å²) in [5.74, 6) is 0. The molecule has 2 unspecified atom stereocenters. The van der Waals surface area contributed by atoms with Crippen molar-refractivity contribution >= 4 is 33.3 Å². The van der Waals surface area contributed by atoms with E-state index in [1.54, 1.807) is 24.3 Å². The van der Waals surface area contributed by atoms with Crippen molar-refractivity contribution in [2.24, 2.45) is 0 Å². The molecular weight excluding hydrogens is 390 g/mol. The molecule has 0 saturated carbocycles. The van der Waals surface area contributed by atoms with Gasteiger partial charge >= 0.3 is 0 Å². The Morgan fingerprint density at radius 1 is 0.893 bits per heavy atom. The molecule has 3 rings (SSSR count). The molecule has 0 aliphatic carbocycles. The van der Waals surface area contributed by atoms with E-state index in [0.29, 0.717) is 4.90 Å². The minimum absolute atomic E-state index is 0.675. The fourth-order valence-corrected chi connectivity index (χ4v) is 5.43. The van der Waals surface area contributed by atoms with Crippen molar-refractivity contribution in [1.29, 1.82) is 0 Å². The Morgan fingerprint density at radius 2 is 1.50 bits per heavy atom. The summed E-state index contributed by atoms with van der Waals surface area (Å²) in [4.78, 5) is 3.77. The second kappa shape index (κ2) is 10.2. The number of nitrogens with one attached hydrogen (secondary N) is 1. The Hall–Kier alpha value is -1.70. The number of rotatable bonds is 8. The smallest absolute Gasteiger partial charge is 0.150 e. The van der Waals surface area contributed by atoms with Gasteiger partial charge in [-0.2, -0.15) is 0 Å². The van der Waals surface area contributed by atoms with Crippen LogP contribution in [0.15, 0.2) is 58.3 Å². The summed E-state index contributed by atoms with van der Waals surface area (Å²) in [6, 6.07) is 15.2. The molecule has 1 heterocycles. The van der Waals surface area contributed by atoms with E-state index in [1.165, 1.54) is 19.3 Å². The summed E-state index contributed by atoms with van der Waals surface area (Å²) >= 11 is 0. The quantitative estimate of drug-likeness (QED) is 0.698. The zero-order valence-electron chi connectivity index (χ0n) is 16.6. The van der Waals surface area contributed by atoms with E-state index in [2.05, 4.69) is 15.7 Å². The fourth-order valence-electron chi connectivity index (χ4n) is 3.42. The van der Waals surface area contributed by atoms with Gasteiger partial charge in [-0.3, -0.25) is 4.72 Å². The molecule has 0 bridgehead atoms. The fraction of sp³-hybridized carbons (Fsp3) is 0.429. The summed E-state index contributed by atoms with van der Waals surface area (Å²) in [6.07, 6.45) is 3.67. The van der Waals surface area contributed by atoms with Crippen molar-refractivity contribution in [2.45, 2.75) is 42.9 Å². The Bertz CT molecular complexity index is 817. The van der Waals surface area contributed by atoms with Gasteiger partial charge < -0.3 is 4.90 Å². The highest BCUT2D eigenvalue weighted by molar-refractivity contribution is 7.86. The van der Waals surface area contributed by atoms with Crippen LogP contribution in [0.1, 0.15) is 33.1 Å². The van der Waals surface area contributed by atoms with Crippen molar-refractivity contribution in [3.8, 4) is 0 Å². The topological polar surface area (TPSA) is 52.7 Å². The molecule has 2 aromatic carbocycles. The van der Waals surface area contributed by atoms with Crippen LogP contribution in [-0.4, -0.2) is 38.9 Å². The van der Waals surface area contributed by atoms with Crippen LogP contribution in [-0.2, 0) is 22.0 Å². The van der Waals surface area contributed by atoms with Gasteiger partial charge in [0.2, 0.25) is 0 Å². The summed E-state index contributed by atoms with van der Waals surface area (Å²) in [5.41, 5.74) is 1.99. The molecule has 5 nitrogen and oxygen atoms in total. The van der Waals surface area contributed by atoms with Crippen LogP contribution >= 0.6 is 0 Å². The van der Waals surface area contributed by atoms with Gasteiger partial charge in [0.1, 0.15) is 22.0 Å². The number of nitrogens with zero attached hydrogens (tertiary/aromatic N) is 2. The molecule has 1 N–H and O–H groups in total. The molecule has 0 spiro atoms. The lowest BCUT2D eigenvalue weighted by Crippen LogP contribution is -2.30. The maximum atomic E-state index is 12.9. The van der Waals surface area contributed by atoms with Gasteiger partial charge in [0.15, 0.2) is 0 Å². The Morgan fingerprint density at radius 3 is 2.14 bits per heavy atom. The second-order valence-electron chi connectivity index (χ2n) is 6.77. The van der Waals surface area contributed by atoms with Gasteiger partial charge in [-0.15, -0.1) is 0 Å². The first-order valence-electron chi connectivity index (χ1n) is 9.93. The van der Waals surface area contributed by atoms with Crippen LogP contribution in [0.3, 0.4) is 0 Å². The van der Waals surface area contributed by atoms with Crippen LogP contribution < -0.4 is 9.62 Å². The van der Waals surface area contributed by atoms with Crippen LogP contribution in [0.2, 0.25) is 0 Å². The lowest BCUT2D eigenvalue weighted by molar-refractivity contribution is 0.489. The lowest BCUT2D eigenvalue weighted by Gasteiger charge is -2.30. The molecule has 1 fully saturated rings. The van der Waals surface area contributed by atoms with Gasteiger partial charge in [0.25, 0.3) is 0 Å². The monoisotopic (exact) mass is 419 g/mol. The molecule has 28 heavy (non-hydrogen) atoms. The van der Waals surface area contributed by atoms with E-state index in [4.69, 9.17) is 0 Å². The van der Waals surface area contributed by atoms with Crippen molar-refractivity contribution < 1.29 is 8.42 Å². The van der Waals surface area contributed by atoms with E-state index >= 15 is 0 Å². The molecule has 2 atom stereocenters. The highest BCUT2D eigenvalue weighted by Gasteiger charge is 2.16. The van der Waals surface area contributed by atoms with E-state index in [1.807, 2.05) is 36.4 Å². The molecular formula is C21H29N3O2S2. The molecule has 0 amide bonds. The first kappa shape index (κ1) is 21.0. The average Bonchev–Trinajstić information content (AvgIpc) is 2.75. The normalized spacial score (nSPS) is 16.8. The van der Waals surface area contributed by atoms with Crippen LogP contribution in [0.25, 0.3) is 0 Å². The minimum atomic E-state index is -1.37. The predicted molar refractivity (Wildman–Crippen MR) is 118 cm³/mol. The molecule has 152 valence electrons. The Kier molecular flexibility index (Phi) is 7.65. The number of piperidine rings is 1. The SMILES string of the molecule is CCN(CC)S(=O)c1ccc(S(=O)Nc2ccccc2N2CCCCC2)cc1. The van der Waals surface area contributed by atoms with Crippen LogP contribution in [0.4, 0.5) is 11.4 Å². The molecule has 1 aliphatic heterocycles. The van der Waals surface area contributed by atoms with E-state index in [9.17, 15) is 8.42 Å². The van der Waals surface area contributed by atoms with Crippen LogP contribution in [0, 0.1) is 0 Å². The van der Waals surface area contributed by atoms with Gasteiger partial charge in [-0.1, -0.05) is 26.0 Å². The third kappa shape index (κ3) is 5.01. The van der Waals surface area contributed by atoms with E-state index in [0.717, 1.165) is 42.4 Å². The first-order chi connectivity index (χ1) is 13.6. The molecule has 1 aliphatic rings. The molecule has 0 radical (unpaired) electrons. The molecule has 2 aromatic rings. The Labute approximate surface area is 173 Å². The zero-order chi connectivity index (χ0) is 19.9. The van der Waals surface area contributed by atoms with Gasteiger partial charge in [0.05, 0.1) is 21.2 Å². The molecule has 7 heteroatoms. The summed E-state index contributed by atoms with van der Waals surface area (Å²) < 4.78 is 30.5. The number of hydrogen-bond acceptors (Lipinski definition) is 3. The number of anilines is 2. The minimum Gasteiger partial charge on any atom is -0.370 e. The summed E-state index contributed by atoms with van der Waals surface area (Å²) in [5, 5.41) is 0. The maximum absolute atomic E-state index is 12.9. The van der Waals surface area contributed by atoms with Crippen LogP contribution in [0.5, 0.6) is 0 Å². The van der Waals surface area contributed by atoms with Crippen molar-refractivity contribution in [3.05, 3.63) is 48.5 Å². The lowest BCUT2D eigenvalue weighted by atomic mass is 10.1. The van der Waals surface area contributed by atoms with Gasteiger partial charge in [0, 0.05) is 26.2 Å². The maximum Gasteiger partial charge on any atom is 0.150 e. The largest absolute Gasteiger partial charge is 0.370 e. The van der Waals surface area contributed by atoms with Crippen molar-refractivity contribution in [3.63, 3.8) is 0 Å². The third-order valence-corrected chi connectivity index (χ3v) is 7.75. The predicted octanol–water partition coefficient (Wildman–Crippen LogP) is 4.18. The molecule has 1 saturated heterocycles. The average molecular weight is 420 g/mol. The standard InChI is InChI=1S/C21H29N3O2S2/c1-3-24(4-2)28(26)19-14-12-18(13-15-19)27(25)22-20-10-6-7-11-21(20)23-16-8-5-9-17-23/h6-7,10-15,22H,3-5,8-9,16-17H2,1-2H3. The van der Waals surface area contributed by atoms with E-state index in [-0.39, 0.29) is 0 Å². The first-order valence-corrected chi connectivity index (χ1v) is 12.2. The zero-order valence-corrected chi connectivity index (χ0v) is 18.2. The summed E-state index contributed by atoms with van der Waals surface area (Å²) in [7, 11) is -2.55. The van der Waals surface area contributed by atoms with Crippen molar-refractivity contribution in [2.75, 3.05) is 35.8 Å². The van der Waals surface area contributed by atoms with Crippen molar-refractivity contribution in [1.82, 2.24) is 4.31 Å².